The van der Waals surface area contributed by atoms with Crippen LogP contribution < -0.4 is 0 Å². The van der Waals surface area contributed by atoms with Gasteiger partial charge in [0.05, 0.1) is 6.42 Å². The molecule has 2 aliphatic rings. The maximum atomic E-state index is 11.9. The molecule has 2 saturated carbocycles. The summed E-state index contributed by atoms with van der Waals surface area (Å²) in [5.74, 6) is 3.21. The topological polar surface area (TPSA) is 47.8 Å². The fraction of sp³-hybridized carbons (Fsp3) is 0.727. The molecule has 0 N–H and O–H groups in total. The van der Waals surface area contributed by atoms with Crippen LogP contribution in [0.4, 0.5) is 0 Å². The van der Waals surface area contributed by atoms with Gasteiger partial charge >= 0.3 is 0 Å². The van der Waals surface area contributed by atoms with Crippen molar-refractivity contribution in [2.24, 2.45) is 24.8 Å². The van der Waals surface area contributed by atoms with E-state index in [1.807, 2.05) is 7.05 Å². The van der Waals surface area contributed by atoms with E-state index in [1.165, 1.54) is 12.7 Å². The largest absolute Gasteiger partial charge is 0.299 e. The second-order valence-corrected chi connectivity index (χ2v) is 4.87. The van der Waals surface area contributed by atoms with Crippen LogP contribution in [0.2, 0.25) is 0 Å². The van der Waals surface area contributed by atoms with Crippen LogP contribution in [-0.4, -0.2) is 20.5 Å². The molecule has 15 heavy (non-hydrogen) atoms. The summed E-state index contributed by atoms with van der Waals surface area (Å²) in [7, 11) is 1.84. The van der Waals surface area contributed by atoms with Gasteiger partial charge in [-0.15, -0.1) is 0 Å². The molecule has 1 aromatic heterocycles. The summed E-state index contributed by atoms with van der Waals surface area (Å²) in [4.78, 5) is 16.0. The van der Waals surface area contributed by atoms with Crippen molar-refractivity contribution in [3.8, 4) is 0 Å². The lowest BCUT2D eigenvalue weighted by atomic mass is 9.96. The second kappa shape index (κ2) is 3.15. The fourth-order valence-corrected chi connectivity index (χ4v) is 2.76. The highest BCUT2D eigenvalue weighted by atomic mass is 16.1. The predicted octanol–water partition coefficient (Wildman–Crippen LogP) is 0.973. The average Bonchev–Trinajstić information content (AvgIpc) is 2.64. The first kappa shape index (κ1) is 9.07. The SMILES string of the molecule is Cn1ncnc1CC(=O)C1CC2CC2C1. The minimum absolute atomic E-state index is 0.311. The van der Waals surface area contributed by atoms with E-state index < -0.39 is 0 Å². The standard InChI is InChI=1S/C11H15N3O/c1-14-11(12-6-13-14)5-10(15)9-3-7-2-8(7)4-9/h6-9H,2-5H2,1H3. The monoisotopic (exact) mass is 205 g/mol. The van der Waals surface area contributed by atoms with Gasteiger partial charge in [0.25, 0.3) is 0 Å². The Morgan fingerprint density at radius 3 is 2.80 bits per heavy atom. The van der Waals surface area contributed by atoms with Gasteiger partial charge in [-0.2, -0.15) is 5.10 Å². The van der Waals surface area contributed by atoms with Crippen molar-refractivity contribution in [2.75, 3.05) is 0 Å². The zero-order valence-corrected chi connectivity index (χ0v) is 8.89. The average molecular weight is 205 g/mol. The van der Waals surface area contributed by atoms with Gasteiger partial charge < -0.3 is 0 Å². The molecule has 0 saturated heterocycles. The molecule has 80 valence electrons. The summed E-state index contributed by atoms with van der Waals surface area (Å²) in [6.07, 6.45) is 5.59. The Morgan fingerprint density at radius 2 is 2.20 bits per heavy atom. The van der Waals surface area contributed by atoms with Gasteiger partial charge in [-0.05, 0) is 31.1 Å². The van der Waals surface area contributed by atoms with Crippen molar-refractivity contribution < 1.29 is 4.79 Å². The van der Waals surface area contributed by atoms with Crippen molar-refractivity contribution in [1.82, 2.24) is 14.8 Å². The number of carbonyl (C=O) groups is 1. The Balaban J connectivity index is 1.64. The van der Waals surface area contributed by atoms with Crippen LogP contribution in [-0.2, 0) is 18.3 Å². The van der Waals surface area contributed by atoms with Crippen molar-refractivity contribution in [2.45, 2.75) is 25.7 Å². The molecule has 4 nitrogen and oxygen atoms in total. The van der Waals surface area contributed by atoms with Gasteiger partial charge in [0.15, 0.2) is 0 Å². The van der Waals surface area contributed by atoms with Crippen LogP contribution in [0.3, 0.4) is 0 Å². The summed E-state index contributed by atoms with van der Waals surface area (Å²) in [6.45, 7) is 0. The lowest BCUT2D eigenvalue weighted by molar-refractivity contribution is -0.122. The molecule has 1 heterocycles. The number of hydrogen-bond acceptors (Lipinski definition) is 3. The van der Waals surface area contributed by atoms with Crippen molar-refractivity contribution in [1.29, 1.82) is 0 Å². The minimum atomic E-state index is 0.311. The molecule has 2 unspecified atom stereocenters. The van der Waals surface area contributed by atoms with Crippen LogP contribution in [0.15, 0.2) is 6.33 Å². The first-order valence-electron chi connectivity index (χ1n) is 5.59. The van der Waals surface area contributed by atoms with E-state index in [9.17, 15) is 4.79 Å². The van der Waals surface area contributed by atoms with E-state index in [0.29, 0.717) is 18.1 Å². The minimum Gasteiger partial charge on any atom is -0.299 e. The molecule has 0 aromatic carbocycles. The maximum absolute atomic E-state index is 11.9. The molecule has 1 aromatic rings. The van der Waals surface area contributed by atoms with Gasteiger partial charge in [0.1, 0.15) is 17.9 Å². The molecule has 0 bridgehead atoms. The smallest absolute Gasteiger partial charge is 0.143 e. The number of Topliss-reactive ketones (excluding diaryl/α,β-unsaturated/α-hetero) is 1. The second-order valence-electron chi connectivity index (χ2n) is 4.87. The molecule has 2 atom stereocenters. The lowest BCUT2D eigenvalue weighted by Crippen LogP contribution is -2.17. The number of fused-ring (bicyclic) bond motifs is 1. The number of aryl methyl sites for hydroxylation is 1. The predicted molar refractivity (Wildman–Crippen MR) is 54.0 cm³/mol. The van der Waals surface area contributed by atoms with Crippen LogP contribution in [0.25, 0.3) is 0 Å². The number of carbonyl (C=O) groups excluding carboxylic acids is 1. The molecule has 0 spiro atoms. The highest BCUT2D eigenvalue weighted by Gasteiger charge is 2.47. The molecule has 4 heteroatoms. The van der Waals surface area contributed by atoms with Crippen molar-refractivity contribution in [3.63, 3.8) is 0 Å². The molecular weight excluding hydrogens is 190 g/mol. The van der Waals surface area contributed by atoms with E-state index in [-0.39, 0.29) is 0 Å². The maximum Gasteiger partial charge on any atom is 0.143 e. The zero-order valence-electron chi connectivity index (χ0n) is 8.89. The third kappa shape index (κ3) is 1.58. The van der Waals surface area contributed by atoms with E-state index in [1.54, 1.807) is 4.68 Å². The highest BCUT2D eigenvalue weighted by Crippen LogP contribution is 2.54. The molecule has 0 amide bonds. The Morgan fingerprint density at radius 1 is 1.47 bits per heavy atom. The number of nitrogens with zero attached hydrogens (tertiary/aromatic N) is 3. The van der Waals surface area contributed by atoms with Crippen molar-refractivity contribution >= 4 is 5.78 Å². The first-order chi connectivity index (χ1) is 7.24. The van der Waals surface area contributed by atoms with Crippen LogP contribution in [0.5, 0.6) is 0 Å². The summed E-state index contributed by atoms with van der Waals surface area (Å²) in [6, 6.07) is 0. The zero-order chi connectivity index (χ0) is 10.4. The summed E-state index contributed by atoms with van der Waals surface area (Å²) >= 11 is 0. The third-order valence-corrected chi connectivity index (χ3v) is 3.84. The summed E-state index contributed by atoms with van der Waals surface area (Å²) in [5, 5.41) is 3.97. The van der Waals surface area contributed by atoms with E-state index in [0.717, 1.165) is 30.5 Å². The van der Waals surface area contributed by atoms with Crippen LogP contribution >= 0.6 is 0 Å². The molecule has 2 fully saturated rings. The quantitative estimate of drug-likeness (QED) is 0.738. The molecule has 0 aliphatic heterocycles. The number of aromatic nitrogens is 3. The Labute approximate surface area is 88.7 Å². The molecule has 2 aliphatic carbocycles. The molecule has 3 rings (SSSR count). The van der Waals surface area contributed by atoms with Gasteiger partial charge in [-0.25, -0.2) is 4.98 Å². The lowest BCUT2D eigenvalue weighted by Gasteiger charge is -2.09. The Hall–Kier alpha value is -1.19. The Kier molecular flexibility index (Phi) is 1.90. The van der Waals surface area contributed by atoms with Crippen molar-refractivity contribution in [3.05, 3.63) is 12.2 Å². The summed E-state index contributed by atoms with van der Waals surface area (Å²) in [5.41, 5.74) is 0. The number of hydrogen-bond donors (Lipinski definition) is 0. The first-order valence-corrected chi connectivity index (χ1v) is 5.59. The summed E-state index contributed by atoms with van der Waals surface area (Å²) < 4.78 is 1.69. The molecular formula is C11H15N3O. The normalized spacial score (nSPS) is 32.7. The van der Waals surface area contributed by atoms with Gasteiger partial charge in [0.2, 0.25) is 0 Å². The van der Waals surface area contributed by atoms with E-state index >= 15 is 0 Å². The van der Waals surface area contributed by atoms with Crippen LogP contribution in [0, 0.1) is 17.8 Å². The number of rotatable bonds is 3. The van der Waals surface area contributed by atoms with E-state index in [4.69, 9.17) is 0 Å². The van der Waals surface area contributed by atoms with Gasteiger partial charge in [0, 0.05) is 13.0 Å². The Bertz CT molecular complexity index is 388. The van der Waals surface area contributed by atoms with Gasteiger partial charge in [-0.3, -0.25) is 9.48 Å². The third-order valence-electron chi connectivity index (χ3n) is 3.84. The van der Waals surface area contributed by atoms with E-state index in [2.05, 4.69) is 10.1 Å². The number of ketones is 1. The van der Waals surface area contributed by atoms with Crippen LogP contribution in [0.1, 0.15) is 25.1 Å². The van der Waals surface area contributed by atoms with Gasteiger partial charge in [-0.1, -0.05) is 0 Å². The highest BCUT2D eigenvalue weighted by molar-refractivity contribution is 5.83. The fourth-order valence-electron chi connectivity index (χ4n) is 2.76. The molecule has 0 radical (unpaired) electrons.